The number of fused-ring (bicyclic) bond motifs is 1. The number of aromatic nitrogens is 3. The van der Waals surface area contributed by atoms with Gasteiger partial charge in [-0.15, -0.1) is 0 Å². The smallest absolute Gasteiger partial charge is 0.404 e. The van der Waals surface area contributed by atoms with E-state index in [9.17, 15) is 24.6 Å². The van der Waals surface area contributed by atoms with Crippen molar-refractivity contribution >= 4 is 22.9 Å². The third-order valence-corrected chi connectivity index (χ3v) is 7.80. The lowest BCUT2D eigenvalue weighted by atomic mass is 10.0. The number of carbonyl (C=O) groups excluding carboxylic acids is 1. The van der Waals surface area contributed by atoms with Crippen LogP contribution in [0, 0.1) is 0 Å². The number of pyridine rings is 1. The first-order valence-electron chi connectivity index (χ1n) is 15.5. The average Bonchev–Trinajstić information content (AvgIpc) is 3.46. The minimum atomic E-state index is -1.08. The quantitative estimate of drug-likeness (QED) is 0.0823. The van der Waals surface area contributed by atoms with Crippen LogP contribution in [0.5, 0.6) is 11.5 Å². The van der Waals surface area contributed by atoms with Crippen LogP contribution in [0.25, 0.3) is 22.0 Å². The number of unbranched alkanes of at least 4 members (excludes halogenated alkanes) is 1. The monoisotopic (exact) mass is 654 g/mol. The first-order valence-corrected chi connectivity index (χ1v) is 15.5. The van der Waals surface area contributed by atoms with Crippen molar-refractivity contribution in [1.29, 1.82) is 0 Å². The number of nitrogens with one attached hydrogen (secondary N) is 4. The van der Waals surface area contributed by atoms with E-state index in [-0.39, 0.29) is 36.9 Å². The molecule has 0 spiro atoms. The van der Waals surface area contributed by atoms with Crippen molar-refractivity contribution in [2.75, 3.05) is 19.6 Å². The molecule has 1 atom stereocenters. The Hall–Kier alpha value is -5.66. The highest BCUT2D eigenvalue weighted by molar-refractivity contribution is 5.92. The largest absolute Gasteiger partial charge is 0.506 e. The normalized spacial score (nSPS) is 11.7. The minimum absolute atomic E-state index is 0.0556. The highest BCUT2D eigenvalue weighted by Crippen LogP contribution is 2.29. The van der Waals surface area contributed by atoms with Crippen molar-refractivity contribution in [3.05, 3.63) is 112 Å². The zero-order chi connectivity index (χ0) is 34.0. The van der Waals surface area contributed by atoms with Gasteiger partial charge in [0.25, 0.3) is 5.91 Å². The number of aryl methyl sites for hydroxylation is 1. The Bertz CT molecular complexity index is 1950. The van der Waals surface area contributed by atoms with Crippen LogP contribution in [0.2, 0.25) is 0 Å². The summed E-state index contributed by atoms with van der Waals surface area (Å²) >= 11 is 0. The topological polar surface area (TPSA) is 191 Å². The fraction of sp³-hybridized carbons (Fsp3) is 0.257. The molecule has 0 aliphatic heterocycles. The van der Waals surface area contributed by atoms with E-state index in [0.717, 1.165) is 35.2 Å². The Kier molecular flexibility index (Phi) is 11.1. The number of carbonyl (C=O) groups is 2. The molecule has 0 fully saturated rings. The van der Waals surface area contributed by atoms with Gasteiger partial charge in [-0.05, 0) is 78.0 Å². The van der Waals surface area contributed by atoms with E-state index in [0.29, 0.717) is 41.0 Å². The van der Waals surface area contributed by atoms with E-state index < -0.39 is 12.2 Å². The lowest BCUT2D eigenvalue weighted by molar-refractivity contribution is 0.0947. The lowest BCUT2D eigenvalue weighted by Crippen LogP contribution is -2.27. The van der Waals surface area contributed by atoms with Crippen LogP contribution in [0.4, 0.5) is 4.79 Å². The summed E-state index contributed by atoms with van der Waals surface area (Å²) in [5.41, 5.74) is 4.27. The van der Waals surface area contributed by atoms with Crippen LogP contribution >= 0.6 is 0 Å². The minimum Gasteiger partial charge on any atom is -0.506 e. The van der Waals surface area contributed by atoms with Crippen LogP contribution < -0.4 is 26.2 Å². The molecule has 0 saturated carbocycles. The van der Waals surface area contributed by atoms with Gasteiger partial charge in [-0.2, -0.15) is 5.10 Å². The molecule has 5 aromatic rings. The molecule has 0 aliphatic carbocycles. The molecular formula is C35H38N6O7. The molecule has 13 nitrogen and oxygen atoms in total. The van der Waals surface area contributed by atoms with E-state index in [1.165, 1.54) is 12.1 Å². The number of rotatable bonds is 15. The van der Waals surface area contributed by atoms with Crippen molar-refractivity contribution < 1.29 is 29.6 Å². The Morgan fingerprint density at radius 3 is 2.54 bits per heavy atom. The molecule has 250 valence electrons. The van der Waals surface area contributed by atoms with Gasteiger partial charge < -0.3 is 41.0 Å². The maximum Gasteiger partial charge on any atom is 0.404 e. The number of aromatic amines is 1. The number of hydrogen-bond donors (Lipinski definition) is 7. The number of amides is 2. The number of aromatic hydroxyl groups is 1. The van der Waals surface area contributed by atoms with Gasteiger partial charge in [-0.1, -0.05) is 36.4 Å². The summed E-state index contributed by atoms with van der Waals surface area (Å²) in [5, 5.41) is 43.0. The van der Waals surface area contributed by atoms with Gasteiger partial charge in [0.2, 0.25) is 5.56 Å². The second kappa shape index (κ2) is 15.8. The van der Waals surface area contributed by atoms with Crippen molar-refractivity contribution in [3.63, 3.8) is 0 Å². The molecule has 0 bridgehead atoms. The lowest BCUT2D eigenvalue weighted by Gasteiger charge is -2.15. The predicted octanol–water partition coefficient (Wildman–Crippen LogP) is 3.81. The molecule has 2 amide bonds. The fourth-order valence-corrected chi connectivity index (χ4v) is 5.28. The van der Waals surface area contributed by atoms with Gasteiger partial charge in [-0.3, -0.25) is 14.3 Å². The summed E-state index contributed by atoms with van der Waals surface area (Å²) in [6, 6.07) is 22.9. The van der Waals surface area contributed by atoms with Gasteiger partial charge in [0.15, 0.2) is 5.69 Å². The molecule has 2 heterocycles. The molecule has 48 heavy (non-hydrogen) atoms. The number of aliphatic hydroxyl groups excluding tert-OH is 1. The van der Waals surface area contributed by atoms with Crippen LogP contribution in [-0.2, 0) is 20.2 Å². The van der Waals surface area contributed by atoms with E-state index in [1.807, 2.05) is 48.5 Å². The van der Waals surface area contributed by atoms with Crippen molar-refractivity contribution in [2.45, 2.75) is 32.1 Å². The SMILES string of the molecule is Cn1nc(C(=O)NCCCCNC[C@H](O)c2ccc(O)c3[nH]c(=O)ccc23)cc1COc1cccc(-c2cccc(CNC(=O)O)c2)c1. The maximum atomic E-state index is 12.7. The molecule has 0 saturated heterocycles. The zero-order valence-electron chi connectivity index (χ0n) is 26.4. The fourth-order valence-electron chi connectivity index (χ4n) is 5.28. The second-order valence-corrected chi connectivity index (χ2v) is 11.3. The van der Waals surface area contributed by atoms with Gasteiger partial charge in [-0.25, -0.2) is 4.79 Å². The van der Waals surface area contributed by atoms with Crippen LogP contribution in [0.15, 0.2) is 83.7 Å². The first kappa shape index (κ1) is 33.7. The molecule has 13 heteroatoms. The molecular weight excluding hydrogens is 616 g/mol. The highest BCUT2D eigenvalue weighted by Gasteiger charge is 2.15. The third kappa shape index (κ3) is 8.78. The van der Waals surface area contributed by atoms with Crippen molar-refractivity contribution in [3.8, 4) is 22.6 Å². The zero-order valence-corrected chi connectivity index (χ0v) is 26.4. The summed E-state index contributed by atoms with van der Waals surface area (Å²) in [6.07, 6.45) is -0.429. The molecule has 0 aliphatic rings. The number of aliphatic hydroxyl groups is 1. The van der Waals surface area contributed by atoms with Gasteiger partial charge in [0, 0.05) is 38.1 Å². The number of carboxylic acid groups (broad SMARTS) is 1. The molecule has 3 aromatic carbocycles. The second-order valence-electron chi connectivity index (χ2n) is 11.3. The summed E-state index contributed by atoms with van der Waals surface area (Å²) in [7, 11) is 1.75. The summed E-state index contributed by atoms with van der Waals surface area (Å²) in [4.78, 5) is 37.8. The molecule has 5 rings (SSSR count). The number of hydrogen-bond acceptors (Lipinski definition) is 8. The predicted molar refractivity (Wildman–Crippen MR) is 180 cm³/mol. The van der Waals surface area contributed by atoms with Crippen LogP contribution in [0.1, 0.15) is 46.3 Å². The van der Waals surface area contributed by atoms with E-state index in [1.54, 1.807) is 29.9 Å². The summed E-state index contributed by atoms with van der Waals surface area (Å²) < 4.78 is 7.63. The van der Waals surface area contributed by atoms with Gasteiger partial charge >= 0.3 is 6.09 Å². The Labute approximate surface area is 276 Å². The molecule has 2 aromatic heterocycles. The molecule has 0 unspecified atom stereocenters. The molecule has 7 N–H and O–H groups in total. The number of benzene rings is 3. The number of H-pyrrole nitrogens is 1. The van der Waals surface area contributed by atoms with E-state index in [2.05, 4.69) is 26.0 Å². The summed E-state index contributed by atoms with van der Waals surface area (Å²) in [6.45, 7) is 1.79. The maximum absolute atomic E-state index is 12.7. The summed E-state index contributed by atoms with van der Waals surface area (Å²) in [5.74, 6) is 0.305. The van der Waals surface area contributed by atoms with Crippen LogP contribution in [0.3, 0.4) is 0 Å². The highest BCUT2D eigenvalue weighted by atomic mass is 16.5. The first-order chi connectivity index (χ1) is 23.2. The standard InChI is InChI=1S/C35H38N6O7/c1-41-25(21-48-26-9-5-8-24(17-26)23-7-4-6-22(16-23)19-38-35(46)47)18-29(40-41)34(45)37-15-3-2-14-36-20-31(43)27-10-12-30(42)33-28(27)11-13-32(44)39-33/h4-13,16-18,31,36,38,42-43H,2-3,14-15,19-21H2,1H3,(H,37,45)(H,39,44)(H,46,47)/t31-/m0/s1. The van der Waals surface area contributed by atoms with E-state index >= 15 is 0 Å². The van der Waals surface area contributed by atoms with Gasteiger partial charge in [0.1, 0.15) is 18.1 Å². The Balaban J connectivity index is 1.04. The van der Waals surface area contributed by atoms with Crippen LogP contribution in [-0.4, -0.2) is 61.7 Å². The van der Waals surface area contributed by atoms with E-state index in [4.69, 9.17) is 9.84 Å². The van der Waals surface area contributed by atoms with Gasteiger partial charge in [0.05, 0.1) is 17.3 Å². The van der Waals surface area contributed by atoms with Crippen molar-refractivity contribution in [2.24, 2.45) is 7.05 Å². The Morgan fingerprint density at radius 2 is 1.73 bits per heavy atom. The number of phenolic OH excluding ortho intramolecular Hbond substituents is 1. The number of phenols is 1. The average molecular weight is 655 g/mol. The van der Waals surface area contributed by atoms with Crippen molar-refractivity contribution in [1.82, 2.24) is 30.7 Å². The Morgan fingerprint density at radius 1 is 0.958 bits per heavy atom. The number of ether oxygens (including phenoxy) is 1. The third-order valence-electron chi connectivity index (χ3n) is 7.80. The molecule has 0 radical (unpaired) electrons. The number of nitrogens with zero attached hydrogens (tertiary/aromatic N) is 2.